The minimum Gasteiger partial charge on any atom is -0.480 e. The molecule has 0 aliphatic carbocycles. The van der Waals surface area contributed by atoms with Gasteiger partial charge in [0, 0.05) is 6.54 Å². The molecule has 6 heteroatoms. The monoisotopic (exact) mass is 255 g/mol. The first kappa shape index (κ1) is 14.1. The summed E-state index contributed by atoms with van der Waals surface area (Å²) in [7, 11) is 0. The molecule has 2 N–H and O–H groups in total. The number of carboxylic acids is 1. The molecule has 0 radical (unpaired) electrons. The Bertz CT molecular complexity index is 448. The zero-order chi connectivity index (χ0) is 13.5. The summed E-state index contributed by atoms with van der Waals surface area (Å²) in [4.78, 5) is 21.7. The highest BCUT2D eigenvalue weighted by atomic mass is 19.1. The third-order valence-corrected chi connectivity index (χ3v) is 2.12. The van der Waals surface area contributed by atoms with Gasteiger partial charge < -0.3 is 15.2 Å². The highest BCUT2D eigenvalue weighted by Gasteiger charge is 2.10. The molecule has 0 aliphatic rings. The first-order chi connectivity index (χ1) is 8.50. The highest BCUT2D eigenvalue weighted by molar-refractivity contribution is 5.94. The molecule has 0 aliphatic heterocycles. The Morgan fingerprint density at radius 1 is 1.44 bits per heavy atom. The zero-order valence-corrected chi connectivity index (χ0v) is 9.90. The summed E-state index contributed by atoms with van der Waals surface area (Å²) in [6, 6.07) is 4.25. The third kappa shape index (κ3) is 4.50. The summed E-state index contributed by atoms with van der Waals surface area (Å²) in [6.07, 6.45) is 0. The topological polar surface area (TPSA) is 75.6 Å². The Balaban J connectivity index is 2.41. The molecule has 0 spiro atoms. The third-order valence-electron chi connectivity index (χ3n) is 2.12. The zero-order valence-electron chi connectivity index (χ0n) is 9.90. The van der Waals surface area contributed by atoms with Crippen molar-refractivity contribution in [2.75, 3.05) is 19.8 Å². The maximum atomic E-state index is 13.3. The lowest BCUT2D eigenvalue weighted by Gasteiger charge is -2.06. The standard InChI is InChI=1S/C12H14FNO4/c1-8-2-3-10(13)9(6-8)12(17)14-4-5-18-7-11(15)16/h2-3,6H,4-5,7H2,1H3,(H,14,17)(H,15,16). The average molecular weight is 255 g/mol. The van der Waals surface area contributed by atoms with Crippen LogP contribution in [0.1, 0.15) is 15.9 Å². The molecule has 1 rings (SSSR count). The van der Waals surface area contributed by atoms with E-state index in [1.54, 1.807) is 13.0 Å². The maximum Gasteiger partial charge on any atom is 0.329 e. The van der Waals surface area contributed by atoms with Gasteiger partial charge in [-0.2, -0.15) is 0 Å². The lowest BCUT2D eigenvalue weighted by molar-refractivity contribution is -0.142. The minimum atomic E-state index is -1.08. The van der Waals surface area contributed by atoms with Crippen LogP contribution in [0.5, 0.6) is 0 Å². The summed E-state index contributed by atoms with van der Waals surface area (Å²) in [6.45, 7) is 1.52. The minimum absolute atomic E-state index is 0.0340. The number of carbonyl (C=O) groups is 2. The predicted molar refractivity (Wildman–Crippen MR) is 61.9 cm³/mol. The van der Waals surface area contributed by atoms with Crippen LogP contribution in [0, 0.1) is 12.7 Å². The molecule has 18 heavy (non-hydrogen) atoms. The number of benzene rings is 1. The second-order valence-electron chi connectivity index (χ2n) is 3.69. The van der Waals surface area contributed by atoms with E-state index in [0.29, 0.717) is 0 Å². The summed E-state index contributed by atoms with van der Waals surface area (Å²) in [5, 5.41) is 10.7. The smallest absolute Gasteiger partial charge is 0.329 e. The van der Waals surface area contributed by atoms with E-state index < -0.39 is 24.3 Å². The summed E-state index contributed by atoms with van der Waals surface area (Å²) >= 11 is 0. The van der Waals surface area contributed by atoms with Gasteiger partial charge in [0.1, 0.15) is 12.4 Å². The van der Waals surface area contributed by atoms with Crippen molar-refractivity contribution in [1.29, 1.82) is 0 Å². The number of aliphatic carboxylic acids is 1. The van der Waals surface area contributed by atoms with Gasteiger partial charge in [-0.25, -0.2) is 9.18 Å². The molecule has 0 saturated carbocycles. The van der Waals surface area contributed by atoms with Gasteiger partial charge in [-0.15, -0.1) is 0 Å². The van der Waals surface area contributed by atoms with Gasteiger partial charge in [0.05, 0.1) is 12.2 Å². The van der Waals surface area contributed by atoms with Crippen molar-refractivity contribution in [2.45, 2.75) is 6.92 Å². The van der Waals surface area contributed by atoms with Crippen molar-refractivity contribution in [1.82, 2.24) is 5.32 Å². The van der Waals surface area contributed by atoms with Crippen molar-refractivity contribution in [3.05, 3.63) is 35.1 Å². The van der Waals surface area contributed by atoms with E-state index in [-0.39, 0.29) is 18.7 Å². The second kappa shape index (κ2) is 6.70. The van der Waals surface area contributed by atoms with Gasteiger partial charge in [-0.05, 0) is 19.1 Å². The first-order valence-electron chi connectivity index (χ1n) is 5.34. The van der Waals surface area contributed by atoms with Crippen LogP contribution in [-0.4, -0.2) is 36.7 Å². The van der Waals surface area contributed by atoms with Crippen molar-refractivity contribution < 1.29 is 23.8 Å². The van der Waals surface area contributed by atoms with Crippen LogP contribution < -0.4 is 5.32 Å². The number of hydrogen-bond donors (Lipinski definition) is 2. The van der Waals surface area contributed by atoms with E-state index in [1.165, 1.54) is 12.1 Å². The summed E-state index contributed by atoms with van der Waals surface area (Å²) in [5.41, 5.74) is 0.747. The average Bonchev–Trinajstić information content (AvgIpc) is 2.31. The summed E-state index contributed by atoms with van der Waals surface area (Å²) < 4.78 is 18.1. The fourth-order valence-corrected chi connectivity index (χ4v) is 1.30. The predicted octanol–water partition coefficient (Wildman–Crippen LogP) is 0.965. The van der Waals surface area contributed by atoms with E-state index in [2.05, 4.69) is 5.32 Å². The van der Waals surface area contributed by atoms with Crippen molar-refractivity contribution >= 4 is 11.9 Å². The highest BCUT2D eigenvalue weighted by Crippen LogP contribution is 2.09. The Morgan fingerprint density at radius 3 is 2.83 bits per heavy atom. The fraction of sp³-hybridized carbons (Fsp3) is 0.333. The van der Waals surface area contributed by atoms with Gasteiger partial charge in [0.25, 0.3) is 5.91 Å². The molecule has 1 amide bonds. The van der Waals surface area contributed by atoms with Gasteiger partial charge in [0.2, 0.25) is 0 Å². The summed E-state index contributed by atoms with van der Waals surface area (Å²) in [5.74, 6) is -2.22. The molecule has 0 aromatic heterocycles. The SMILES string of the molecule is Cc1ccc(F)c(C(=O)NCCOCC(=O)O)c1. The van der Waals surface area contributed by atoms with E-state index in [0.717, 1.165) is 5.56 Å². The molecule has 0 saturated heterocycles. The number of nitrogens with one attached hydrogen (secondary N) is 1. The first-order valence-corrected chi connectivity index (χ1v) is 5.34. The van der Waals surface area contributed by atoms with Gasteiger partial charge in [-0.1, -0.05) is 11.6 Å². The Labute approximate surface area is 104 Å². The van der Waals surface area contributed by atoms with Crippen LogP contribution in [-0.2, 0) is 9.53 Å². The van der Waals surface area contributed by atoms with Crippen molar-refractivity contribution in [3.8, 4) is 0 Å². The second-order valence-corrected chi connectivity index (χ2v) is 3.69. The number of aryl methyl sites for hydroxylation is 1. The Kier molecular flexibility index (Phi) is 5.26. The Hall–Kier alpha value is -1.95. The molecule has 0 atom stereocenters. The van der Waals surface area contributed by atoms with Crippen LogP contribution in [0.25, 0.3) is 0 Å². The maximum absolute atomic E-state index is 13.3. The fourth-order valence-electron chi connectivity index (χ4n) is 1.30. The molecule has 5 nitrogen and oxygen atoms in total. The number of carboxylic acid groups (broad SMARTS) is 1. The van der Waals surface area contributed by atoms with Gasteiger partial charge >= 0.3 is 5.97 Å². The number of amides is 1. The molecule has 0 heterocycles. The molecule has 0 bridgehead atoms. The number of halogens is 1. The number of hydrogen-bond acceptors (Lipinski definition) is 3. The van der Waals surface area contributed by atoms with Crippen molar-refractivity contribution in [3.63, 3.8) is 0 Å². The number of rotatable bonds is 6. The van der Waals surface area contributed by atoms with Crippen LogP contribution >= 0.6 is 0 Å². The van der Waals surface area contributed by atoms with Crippen LogP contribution in [0.2, 0.25) is 0 Å². The molecule has 98 valence electrons. The molecule has 1 aromatic rings. The molecular weight excluding hydrogens is 241 g/mol. The number of ether oxygens (including phenoxy) is 1. The van der Waals surface area contributed by atoms with Crippen LogP contribution in [0.4, 0.5) is 4.39 Å². The molecular formula is C12H14FNO4. The Morgan fingerprint density at radius 2 is 2.17 bits per heavy atom. The van der Waals surface area contributed by atoms with Gasteiger partial charge in [-0.3, -0.25) is 4.79 Å². The molecule has 0 unspecified atom stereocenters. The lowest BCUT2D eigenvalue weighted by atomic mass is 10.1. The van der Waals surface area contributed by atoms with Gasteiger partial charge in [0.15, 0.2) is 0 Å². The quantitative estimate of drug-likeness (QED) is 0.742. The lowest BCUT2D eigenvalue weighted by Crippen LogP contribution is -2.28. The van der Waals surface area contributed by atoms with E-state index in [1.807, 2.05) is 0 Å². The molecule has 1 aromatic carbocycles. The van der Waals surface area contributed by atoms with Crippen molar-refractivity contribution in [2.24, 2.45) is 0 Å². The van der Waals surface area contributed by atoms with Crippen LogP contribution in [0.3, 0.4) is 0 Å². The van der Waals surface area contributed by atoms with Crippen LogP contribution in [0.15, 0.2) is 18.2 Å². The number of carbonyl (C=O) groups excluding carboxylic acids is 1. The van der Waals surface area contributed by atoms with E-state index in [9.17, 15) is 14.0 Å². The largest absolute Gasteiger partial charge is 0.480 e. The van der Waals surface area contributed by atoms with E-state index >= 15 is 0 Å². The van der Waals surface area contributed by atoms with E-state index in [4.69, 9.17) is 9.84 Å². The molecule has 0 fully saturated rings. The normalized spacial score (nSPS) is 10.1.